The third kappa shape index (κ3) is 8.59. The Hall–Kier alpha value is -2.87. The summed E-state index contributed by atoms with van der Waals surface area (Å²) in [4.78, 5) is 15.6. The van der Waals surface area contributed by atoms with Gasteiger partial charge in [0.15, 0.2) is 0 Å². The van der Waals surface area contributed by atoms with E-state index < -0.39 is 0 Å². The first-order chi connectivity index (χ1) is 20.6. The minimum atomic E-state index is -0.193. The zero-order valence-corrected chi connectivity index (χ0v) is 25.2. The summed E-state index contributed by atoms with van der Waals surface area (Å²) in [6, 6.07) is 16.8. The Bertz CT molecular complexity index is 1120. The highest BCUT2D eigenvalue weighted by Gasteiger charge is 2.32. The van der Waals surface area contributed by atoms with Gasteiger partial charge in [0.2, 0.25) is 0 Å². The molecule has 1 atom stereocenters. The molecule has 2 aromatic carbocycles. The molecule has 0 spiro atoms. The average Bonchev–Trinajstić information content (AvgIpc) is 3.55. The molecule has 3 aliphatic rings. The number of rotatable bonds is 13. The van der Waals surface area contributed by atoms with Gasteiger partial charge in [0.25, 0.3) is 0 Å². The number of hydrogen-bond donors (Lipinski definition) is 4. The maximum atomic E-state index is 13.1. The first-order valence-electron chi connectivity index (χ1n) is 16.3. The maximum Gasteiger partial charge on any atom is 0.323 e. The van der Waals surface area contributed by atoms with Gasteiger partial charge in [-0.2, -0.15) is 0 Å². The Kier molecular flexibility index (Phi) is 11.3. The van der Waals surface area contributed by atoms with Gasteiger partial charge in [-0.15, -0.1) is 0 Å². The molecule has 2 saturated carbocycles. The molecule has 2 aromatic rings. The number of esters is 1. The fourth-order valence-corrected chi connectivity index (χ4v) is 6.91. The summed E-state index contributed by atoms with van der Waals surface area (Å²) >= 11 is 0. The largest absolute Gasteiger partial charge is 0.461 e. The van der Waals surface area contributed by atoms with E-state index in [4.69, 9.17) is 9.94 Å². The molecule has 4 N–H and O–H groups in total. The molecule has 7 heteroatoms. The Labute approximate surface area is 252 Å². The normalized spacial score (nSPS) is 19.5. The van der Waals surface area contributed by atoms with E-state index in [-0.39, 0.29) is 18.1 Å². The third-order valence-electron chi connectivity index (χ3n) is 9.60. The van der Waals surface area contributed by atoms with Gasteiger partial charge < -0.3 is 20.3 Å². The maximum absolute atomic E-state index is 13.1. The van der Waals surface area contributed by atoms with E-state index in [2.05, 4.69) is 64.0 Å². The number of piperidine rings is 1. The van der Waals surface area contributed by atoms with Crippen molar-refractivity contribution < 1.29 is 14.7 Å². The highest BCUT2D eigenvalue weighted by molar-refractivity contribution is 5.76. The van der Waals surface area contributed by atoms with E-state index in [1.165, 1.54) is 61.8 Å². The number of nitrogens with one attached hydrogen (secondary N) is 3. The van der Waals surface area contributed by atoms with E-state index in [1.807, 2.05) is 12.1 Å². The van der Waals surface area contributed by atoms with Gasteiger partial charge in [0.05, 0.1) is 5.70 Å². The van der Waals surface area contributed by atoms with Crippen LogP contribution in [0.1, 0.15) is 87.3 Å². The smallest absolute Gasteiger partial charge is 0.323 e. The van der Waals surface area contributed by atoms with Crippen LogP contribution in [0.25, 0.3) is 5.70 Å². The third-order valence-corrected chi connectivity index (χ3v) is 9.60. The number of benzene rings is 2. The van der Waals surface area contributed by atoms with E-state index in [1.54, 1.807) is 0 Å². The lowest BCUT2D eigenvalue weighted by atomic mass is 9.83. The van der Waals surface area contributed by atoms with Crippen LogP contribution in [0.5, 0.6) is 0 Å². The Morgan fingerprint density at radius 3 is 2.12 bits per heavy atom. The monoisotopic (exact) mass is 574 g/mol. The summed E-state index contributed by atoms with van der Waals surface area (Å²) in [5.41, 5.74) is 7.26. The lowest BCUT2D eigenvalue weighted by molar-refractivity contribution is -0.153. The van der Waals surface area contributed by atoms with Gasteiger partial charge in [-0.05, 0) is 98.6 Å². The molecule has 7 nitrogen and oxygen atoms in total. The minimum Gasteiger partial charge on any atom is -0.461 e. The fourth-order valence-electron chi connectivity index (χ4n) is 6.91. The molecule has 228 valence electrons. The lowest BCUT2D eigenvalue weighted by Crippen LogP contribution is -2.45. The Morgan fingerprint density at radius 2 is 1.48 bits per heavy atom. The molecule has 1 aliphatic heterocycles. The van der Waals surface area contributed by atoms with Gasteiger partial charge in [0.1, 0.15) is 12.1 Å². The molecule has 42 heavy (non-hydrogen) atoms. The highest BCUT2D eigenvalue weighted by atomic mass is 16.5. The van der Waals surface area contributed by atoms with Crippen molar-refractivity contribution in [3.8, 4) is 0 Å². The van der Waals surface area contributed by atoms with Crippen molar-refractivity contribution in [3.05, 3.63) is 71.8 Å². The van der Waals surface area contributed by atoms with E-state index in [0.29, 0.717) is 24.1 Å². The molecule has 5 rings (SSSR count). The second-order valence-electron chi connectivity index (χ2n) is 12.6. The number of carbonyl (C=O) groups excluding carboxylic acids is 1. The molecule has 0 bridgehead atoms. The zero-order chi connectivity index (χ0) is 29.1. The van der Waals surface area contributed by atoms with Crippen molar-refractivity contribution in [1.29, 1.82) is 0 Å². The molecule has 0 unspecified atom stereocenters. The Balaban J connectivity index is 1.03. The molecule has 1 heterocycles. The van der Waals surface area contributed by atoms with Crippen molar-refractivity contribution in [2.75, 3.05) is 24.5 Å². The number of nitrogens with zero attached hydrogens (tertiary/aromatic N) is 1. The van der Waals surface area contributed by atoms with Crippen LogP contribution in [0.15, 0.2) is 55.1 Å². The van der Waals surface area contributed by atoms with Crippen molar-refractivity contribution >= 4 is 17.4 Å². The number of anilines is 1. The predicted molar refractivity (Wildman–Crippen MR) is 169 cm³/mol. The van der Waals surface area contributed by atoms with Crippen LogP contribution in [0.2, 0.25) is 0 Å². The molecular weight excluding hydrogens is 524 g/mol. The van der Waals surface area contributed by atoms with Gasteiger partial charge >= 0.3 is 5.97 Å². The fraction of sp³-hybridized carbons (Fsp3) is 0.571. The highest BCUT2D eigenvalue weighted by Crippen LogP contribution is 2.29. The predicted octanol–water partition coefficient (Wildman–Crippen LogP) is 6.17. The molecule has 3 fully saturated rings. The quantitative estimate of drug-likeness (QED) is 0.168. The van der Waals surface area contributed by atoms with Crippen molar-refractivity contribution in [2.24, 2.45) is 11.8 Å². The van der Waals surface area contributed by atoms with E-state index in [9.17, 15) is 4.79 Å². The molecule has 0 aromatic heterocycles. The summed E-state index contributed by atoms with van der Waals surface area (Å²) in [7, 11) is 0. The molecule has 0 radical (unpaired) electrons. The zero-order valence-electron chi connectivity index (χ0n) is 25.2. The number of hydrogen-bond acceptors (Lipinski definition) is 7. The summed E-state index contributed by atoms with van der Waals surface area (Å²) in [6.07, 6.45) is 12.8. The summed E-state index contributed by atoms with van der Waals surface area (Å²) in [5, 5.41) is 16.3. The molecular formula is C35H50N4O3. The van der Waals surface area contributed by atoms with E-state index >= 15 is 0 Å². The van der Waals surface area contributed by atoms with Gasteiger partial charge in [-0.3, -0.25) is 15.5 Å². The second kappa shape index (κ2) is 15.6. The van der Waals surface area contributed by atoms with Crippen LogP contribution in [-0.4, -0.2) is 43.0 Å². The molecule has 0 amide bonds. The SMILES string of the molecule is C=C(NO)c1ccc(N2CCC(CNCc3ccc(CN[C@H](C(=O)OC4CCCC4)C4CCCCC4)cc3)CC2)cc1. The first kappa shape index (κ1) is 30.6. The molecule has 2 aliphatic carbocycles. The van der Waals surface area contributed by atoms with Gasteiger partial charge in [-0.1, -0.05) is 62.2 Å². The van der Waals surface area contributed by atoms with Crippen LogP contribution < -0.4 is 21.0 Å². The van der Waals surface area contributed by atoms with Crippen LogP contribution in [0, 0.1) is 11.8 Å². The van der Waals surface area contributed by atoms with Crippen LogP contribution in [0.3, 0.4) is 0 Å². The minimum absolute atomic E-state index is 0.0276. The van der Waals surface area contributed by atoms with Crippen molar-refractivity contribution in [1.82, 2.24) is 16.1 Å². The lowest BCUT2D eigenvalue weighted by Gasteiger charge is -2.34. The first-order valence-corrected chi connectivity index (χ1v) is 16.3. The number of ether oxygens (including phenoxy) is 1. The Morgan fingerprint density at radius 1 is 0.857 bits per heavy atom. The summed E-state index contributed by atoms with van der Waals surface area (Å²) in [6.45, 7) is 8.52. The van der Waals surface area contributed by atoms with Crippen molar-refractivity contribution in [3.63, 3.8) is 0 Å². The summed E-state index contributed by atoms with van der Waals surface area (Å²) < 4.78 is 5.95. The number of carbonyl (C=O) groups is 1. The topological polar surface area (TPSA) is 85.9 Å². The molecule has 1 saturated heterocycles. The average molecular weight is 575 g/mol. The standard InChI is InChI=1S/C35H50N4O3/c1-26(38-41)30-15-17-32(18-16-30)39-21-19-29(20-22-39)24-36-23-27-11-13-28(14-12-27)25-37-34(31-7-3-2-4-8-31)35(40)42-33-9-5-6-10-33/h11-18,29,31,33-34,36-38,41H,1-10,19-25H2/t34-/m0/s1. The summed E-state index contributed by atoms with van der Waals surface area (Å²) in [5.74, 6) is 1.04. The van der Waals surface area contributed by atoms with Crippen molar-refractivity contribution in [2.45, 2.75) is 95.9 Å². The number of hydroxylamine groups is 1. The van der Waals surface area contributed by atoms with Crippen LogP contribution in [0.4, 0.5) is 5.69 Å². The van der Waals surface area contributed by atoms with Crippen LogP contribution >= 0.6 is 0 Å². The van der Waals surface area contributed by atoms with E-state index in [0.717, 1.165) is 57.4 Å². The van der Waals surface area contributed by atoms with Crippen LogP contribution in [-0.2, 0) is 22.6 Å². The van der Waals surface area contributed by atoms with Gasteiger partial charge in [0, 0.05) is 31.9 Å². The second-order valence-corrected chi connectivity index (χ2v) is 12.6. The van der Waals surface area contributed by atoms with Gasteiger partial charge in [-0.25, -0.2) is 0 Å².